The van der Waals surface area contributed by atoms with Gasteiger partial charge in [-0.1, -0.05) is 18.2 Å². The summed E-state index contributed by atoms with van der Waals surface area (Å²) >= 11 is 0. The van der Waals surface area contributed by atoms with E-state index in [0.29, 0.717) is 5.56 Å². The van der Waals surface area contributed by atoms with E-state index in [1.807, 2.05) is 0 Å². The van der Waals surface area contributed by atoms with Crippen LogP contribution in [-0.2, 0) is 22.3 Å². The molecule has 0 saturated carbocycles. The molecule has 6 nitrogen and oxygen atoms in total. The van der Waals surface area contributed by atoms with E-state index in [2.05, 4.69) is 9.84 Å². The fraction of sp³-hybridized carbons (Fsp3) is 0.227. The van der Waals surface area contributed by atoms with Crippen molar-refractivity contribution in [2.24, 2.45) is 0 Å². The summed E-state index contributed by atoms with van der Waals surface area (Å²) < 4.78 is 58.6. The zero-order chi connectivity index (χ0) is 23.5. The highest BCUT2D eigenvalue weighted by atomic mass is 19.4. The van der Waals surface area contributed by atoms with Crippen LogP contribution in [0.2, 0.25) is 0 Å². The van der Waals surface area contributed by atoms with Gasteiger partial charge in [0.2, 0.25) is 0 Å². The summed E-state index contributed by atoms with van der Waals surface area (Å²) in [6, 6.07) is 10.1. The second kappa shape index (κ2) is 9.21. The highest BCUT2D eigenvalue weighted by molar-refractivity contribution is 5.96. The number of carbonyl (C=O) groups excluding carboxylic acids is 2. The third-order valence-corrected chi connectivity index (χ3v) is 4.76. The van der Waals surface area contributed by atoms with Crippen LogP contribution in [0.5, 0.6) is 0 Å². The monoisotopic (exact) mass is 449 g/mol. The molecule has 0 fully saturated rings. The van der Waals surface area contributed by atoms with Crippen LogP contribution in [0.4, 0.5) is 17.6 Å². The molecule has 0 aliphatic heterocycles. The molecule has 0 bridgehead atoms. The molecular weight excluding hydrogens is 430 g/mol. The van der Waals surface area contributed by atoms with E-state index in [1.165, 1.54) is 55.2 Å². The van der Waals surface area contributed by atoms with Gasteiger partial charge in [0.1, 0.15) is 12.4 Å². The Bertz CT molecular complexity index is 1140. The SMILES string of the molecule is COC(=O)CN(Cc1cccc(F)c1)C(=O)c1cnn(-c2cccc(C(F)(F)F)c2)c1C. The summed E-state index contributed by atoms with van der Waals surface area (Å²) in [4.78, 5) is 26.2. The van der Waals surface area contributed by atoms with E-state index in [-0.39, 0.29) is 23.5 Å². The molecule has 0 saturated heterocycles. The number of nitrogens with zero attached hydrogens (tertiary/aromatic N) is 3. The van der Waals surface area contributed by atoms with E-state index in [1.54, 1.807) is 6.07 Å². The van der Waals surface area contributed by atoms with Crippen molar-refractivity contribution in [2.75, 3.05) is 13.7 Å². The molecule has 1 aromatic heterocycles. The Morgan fingerprint density at radius 2 is 1.84 bits per heavy atom. The first-order valence-corrected chi connectivity index (χ1v) is 9.43. The molecular formula is C22H19F4N3O3. The number of rotatable bonds is 6. The summed E-state index contributed by atoms with van der Waals surface area (Å²) in [6.07, 6.45) is -3.31. The average Bonchev–Trinajstić information content (AvgIpc) is 3.13. The van der Waals surface area contributed by atoms with Crippen LogP contribution < -0.4 is 0 Å². The Hall–Kier alpha value is -3.69. The highest BCUT2D eigenvalue weighted by Crippen LogP contribution is 2.30. The lowest BCUT2D eigenvalue weighted by molar-refractivity contribution is -0.141. The minimum absolute atomic E-state index is 0.0835. The van der Waals surface area contributed by atoms with Crippen molar-refractivity contribution in [3.63, 3.8) is 0 Å². The number of hydrogen-bond acceptors (Lipinski definition) is 4. The van der Waals surface area contributed by atoms with E-state index in [9.17, 15) is 27.2 Å². The predicted octanol–water partition coefficient (Wildman–Crippen LogP) is 4.15. The van der Waals surface area contributed by atoms with Crippen molar-refractivity contribution in [3.8, 4) is 5.69 Å². The van der Waals surface area contributed by atoms with E-state index in [4.69, 9.17) is 0 Å². The van der Waals surface area contributed by atoms with Crippen LogP contribution >= 0.6 is 0 Å². The van der Waals surface area contributed by atoms with Gasteiger partial charge in [-0.3, -0.25) is 9.59 Å². The van der Waals surface area contributed by atoms with Gasteiger partial charge < -0.3 is 9.64 Å². The third kappa shape index (κ3) is 5.13. The van der Waals surface area contributed by atoms with E-state index >= 15 is 0 Å². The normalized spacial score (nSPS) is 11.3. The fourth-order valence-corrected chi connectivity index (χ4v) is 3.14. The van der Waals surface area contributed by atoms with Crippen LogP contribution in [-0.4, -0.2) is 40.2 Å². The molecule has 168 valence electrons. The van der Waals surface area contributed by atoms with Crippen molar-refractivity contribution in [2.45, 2.75) is 19.6 Å². The fourth-order valence-electron chi connectivity index (χ4n) is 3.14. The summed E-state index contributed by atoms with van der Waals surface area (Å²) in [5.74, 6) is -1.78. The minimum Gasteiger partial charge on any atom is -0.468 e. The summed E-state index contributed by atoms with van der Waals surface area (Å²) in [6.45, 7) is 1.04. The Labute approximate surface area is 181 Å². The third-order valence-electron chi connectivity index (χ3n) is 4.76. The van der Waals surface area contributed by atoms with Gasteiger partial charge in [0.05, 0.1) is 35.8 Å². The van der Waals surface area contributed by atoms with Crippen molar-refractivity contribution in [3.05, 3.63) is 82.9 Å². The molecule has 3 rings (SSSR count). The topological polar surface area (TPSA) is 64.4 Å². The number of ether oxygens (including phenoxy) is 1. The first kappa shape index (κ1) is 23.0. The zero-order valence-corrected chi connectivity index (χ0v) is 17.2. The first-order chi connectivity index (χ1) is 15.1. The minimum atomic E-state index is -4.53. The first-order valence-electron chi connectivity index (χ1n) is 9.43. The molecule has 32 heavy (non-hydrogen) atoms. The van der Waals surface area contributed by atoms with Gasteiger partial charge in [-0.15, -0.1) is 0 Å². The number of alkyl halides is 3. The van der Waals surface area contributed by atoms with E-state index in [0.717, 1.165) is 17.0 Å². The lowest BCUT2D eigenvalue weighted by atomic mass is 10.1. The van der Waals surface area contributed by atoms with Crippen molar-refractivity contribution in [1.82, 2.24) is 14.7 Å². The number of amides is 1. The van der Waals surface area contributed by atoms with Crippen molar-refractivity contribution >= 4 is 11.9 Å². The number of esters is 1. The molecule has 1 heterocycles. The maximum absolute atomic E-state index is 13.6. The van der Waals surface area contributed by atoms with Gasteiger partial charge in [-0.25, -0.2) is 9.07 Å². The maximum Gasteiger partial charge on any atom is 0.416 e. The second-order valence-electron chi connectivity index (χ2n) is 6.97. The lowest BCUT2D eigenvalue weighted by Crippen LogP contribution is -2.36. The van der Waals surface area contributed by atoms with E-state index < -0.39 is 36.0 Å². The Morgan fingerprint density at radius 1 is 1.12 bits per heavy atom. The molecule has 0 atom stereocenters. The standard InChI is InChI=1S/C22H19F4N3O3/c1-14-19(11-27-29(14)18-8-4-6-16(10-18)22(24,25)26)21(31)28(13-20(30)32-2)12-15-5-3-7-17(23)9-15/h3-11H,12-13H2,1-2H3. The van der Waals surface area contributed by atoms with Gasteiger partial charge in [-0.2, -0.15) is 18.3 Å². The number of hydrogen-bond donors (Lipinski definition) is 0. The maximum atomic E-state index is 13.6. The summed E-state index contributed by atoms with van der Waals surface area (Å²) in [7, 11) is 1.17. The average molecular weight is 449 g/mol. The van der Waals surface area contributed by atoms with Gasteiger partial charge in [0, 0.05) is 6.54 Å². The van der Waals surface area contributed by atoms with Crippen molar-refractivity contribution in [1.29, 1.82) is 0 Å². The Balaban J connectivity index is 1.94. The molecule has 0 aliphatic rings. The number of methoxy groups -OCH3 is 1. The second-order valence-corrected chi connectivity index (χ2v) is 6.97. The molecule has 3 aromatic rings. The Morgan fingerprint density at radius 3 is 2.50 bits per heavy atom. The predicted molar refractivity (Wildman–Crippen MR) is 106 cm³/mol. The number of carbonyl (C=O) groups is 2. The number of benzene rings is 2. The molecule has 10 heteroatoms. The lowest BCUT2D eigenvalue weighted by Gasteiger charge is -2.21. The Kier molecular flexibility index (Phi) is 6.61. The van der Waals surface area contributed by atoms with Crippen LogP contribution in [0, 0.1) is 12.7 Å². The van der Waals surface area contributed by atoms with Crippen molar-refractivity contribution < 1.29 is 31.9 Å². The van der Waals surface area contributed by atoms with Gasteiger partial charge in [-0.05, 0) is 42.8 Å². The van der Waals surface area contributed by atoms with Crippen LogP contribution in [0.3, 0.4) is 0 Å². The summed E-state index contributed by atoms with van der Waals surface area (Å²) in [5, 5.41) is 4.06. The quantitative estimate of drug-likeness (QED) is 0.419. The largest absolute Gasteiger partial charge is 0.468 e. The van der Waals surface area contributed by atoms with Gasteiger partial charge in [0.25, 0.3) is 5.91 Å². The van der Waals surface area contributed by atoms with Crippen LogP contribution in [0.1, 0.15) is 27.2 Å². The van der Waals surface area contributed by atoms with Crippen LogP contribution in [0.25, 0.3) is 5.69 Å². The molecule has 0 N–H and O–H groups in total. The zero-order valence-electron chi connectivity index (χ0n) is 17.2. The smallest absolute Gasteiger partial charge is 0.416 e. The molecule has 1 amide bonds. The molecule has 2 aromatic carbocycles. The molecule has 0 spiro atoms. The molecule has 0 radical (unpaired) electrons. The molecule has 0 aliphatic carbocycles. The summed E-state index contributed by atoms with van der Waals surface area (Å²) in [5.41, 5.74) is 0.0912. The van der Waals surface area contributed by atoms with Crippen LogP contribution in [0.15, 0.2) is 54.7 Å². The van der Waals surface area contributed by atoms with Gasteiger partial charge in [0.15, 0.2) is 0 Å². The molecule has 0 unspecified atom stereocenters. The van der Waals surface area contributed by atoms with Gasteiger partial charge >= 0.3 is 12.1 Å². The number of halogens is 4. The number of aromatic nitrogens is 2. The highest BCUT2D eigenvalue weighted by Gasteiger charge is 2.31.